The Morgan fingerprint density at radius 3 is 2.95 bits per heavy atom. The maximum Gasteiger partial charge on any atom is 0.328 e. The molecule has 2 aromatic rings. The molecule has 0 bridgehead atoms. The minimum Gasteiger partial charge on any atom is -0.497 e. The summed E-state index contributed by atoms with van der Waals surface area (Å²) in [5.74, 6) is 0.408. The van der Waals surface area contributed by atoms with E-state index in [1.165, 1.54) is 11.8 Å². The van der Waals surface area contributed by atoms with Gasteiger partial charge in [0.1, 0.15) is 10.8 Å². The van der Waals surface area contributed by atoms with Gasteiger partial charge in [0.2, 0.25) is 0 Å². The van der Waals surface area contributed by atoms with Crippen LogP contribution >= 0.6 is 11.8 Å². The van der Waals surface area contributed by atoms with Gasteiger partial charge in [0.15, 0.2) is 0 Å². The van der Waals surface area contributed by atoms with E-state index in [1.54, 1.807) is 37.8 Å². The first-order valence-corrected chi connectivity index (χ1v) is 7.14. The highest BCUT2D eigenvalue weighted by Gasteiger charge is 2.05. The summed E-state index contributed by atoms with van der Waals surface area (Å²) in [5.41, 5.74) is 1.82. The standard InChI is InChI=1S/C15H14N2O3S/c1-20-13-4-2-11(3-5-15(18)19)12(8-13)10-21-14-9-16-6-7-17-14/h2-9H,10H2,1H3,(H,18,19). The van der Waals surface area contributed by atoms with Crippen molar-refractivity contribution in [2.24, 2.45) is 0 Å². The molecule has 5 nitrogen and oxygen atoms in total. The fourth-order valence-electron chi connectivity index (χ4n) is 1.67. The van der Waals surface area contributed by atoms with Crippen LogP contribution in [0.5, 0.6) is 5.75 Å². The van der Waals surface area contributed by atoms with E-state index in [4.69, 9.17) is 9.84 Å². The first kappa shape index (κ1) is 15.1. The average molecular weight is 302 g/mol. The third-order valence-electron chi connectivity index (χ3n) is 2.67. The summed E-state index contributed by atoms with van der Waals surface area (Å²) in [7, 11) is 1.60. The van der Waals surface area contributed by atoms with E-state index in [2.05, 4.69) is 9.97 Å². The zero-order valence-electron chi connectivity index (χ0n) is 11.4. The van der Waals surface area contributed by atoms with Gasteiger partial charge in [-0.1, -0.05) is 6.07 Å². The quantitative estimate of drug-likeness (QED) is 0.653. The largest absolute Gasteiger partial charge is 0.497 e. The Balaban J connectivity index is 2.20. The molecule has 108 valence electrons. The molecule has 0 saturated carbocycles. The number of carboxylic acids is 1. The van der Waals surface area contributed by atoms with Gasteiger partial charge in [0, 0.05) is 24.2 Å². The van der Waals surface area contributed by atoms with E-state index in [0.29, 0.717) is 5.75 Å². The maximum atomic E-state index is 10.7. The summed E-state index contributed by atoms with van der Waals surface area (Å²) in [5, 5.41) is 9.55. The predicted molar refractivity (Wildman–Crippen MR) is 81.3 cm³/mol. The number of ether oxygens (including phenoxy) is 1. The number of carboxylic acid groups (broad SMARTS) is 1. The number of methoxy groups -OCH3 is 1. The van der Waals surface area contributed by atoms with Gasteiger partial charge in [0.05, 0.1) is 13.3 Å². The van der Waals surface area contributed by atoms with Crippen molar-refractivity contribution in [3.63, 3.8) is 0 Å². The molecule has 1 heterocycles. The van der Waals surface area contributed by atoms with Crippen molar-refractivity contribution in [1.82, 2.24) is 9.97 Å². The summed E-state index contributed by atoms with van der Waals surface area (Å²) in [6.45, 7) is 0. The summed E-state index contributed by atoms with van der Waals surface area (Å²) < 4.78 is 5.21. The van der Waals surface area contributed by atoms with Gasteiger partial charge in [-0.15, -0.1) is 11.8 Å². The van der Waals surface area contributed by atoms with Crippen LogP contribution in [-0.2, 0) is 10.5 Å². The van der Waals surface area contributed by atoms with Gasteiger partial charge in [-0.05, 0) is 29.3 Å². The molecule has 0 aliphatic heterocycles. The minimum atomic E-state index is -0.974. The third kappa shape index (κ3) is 4.61. The molecule has 1 N–H and O–H groups in total. The zero-order chi connectivity index (χ0) is 15.1. The van der Waals surface area contributed by atoms with E-state index in [-0.39, 0.29) is 0 Å². The van der Waals surface area contributed by atoms with E-state index in [0.717, 1.165) is 28.0 Å². The molecule has 0 atom stereocenters. The second-order valence-corrected chi connectivity index (χ2v) is 5.06. The fraction of sp³-hybridized carbons (Fsp3) is 0.133. The zero-order valence-corrected chi connectivity index (χ0v) is 12.2. The van der Waals surface area contributed by atoms with Crippen molar-refractivity contribution < 1.29 is 14.6 Å². The molecule has 0 spiro atoms. The highest BCUT2D eigenvalue weighted by Crippen LogP contribution is 2.26. The molecule has 21 heavy (non-hydrogen) atoms. The second-order valence-electron chi connectivity index (χ2n) is 4.07. The van der Waals surface area contributed by atoms with Crippen LogP contribution in [0.3, 0.4) is 0 Å². The first-order chi connectivity index (χ1) is 10.2. The molecular formula is C15H14N2O3S. The van der Waals surface area contributed by atoms with E-state index in [9.17, 15) is 4.79 Å². The number of benzene rings is 1. The lowest BCUT2D eigenvalue weighted by atomic mass is 10.1. The van der Waals surface area contributed by atoms with Crippen LogP contribution in [0.25, 0.3) is 6.08 Å². The molecule has 0 aliphatic rings. The van der Waals surface area contributed by atoms with Gasteiger partial charge in [-0.2, -0.15) is 0 Å². The lowest BCUT2D eigenvalue weighted by molar-refractivity contribution is -0.131. The van der Waals surface area contributed by atoms with Crippen LogP contribution in [0.15, 0.2) is 47.9 Å². The van der Waals surface area contributed by atoms with E-state index in [1.807, 2.05) is 12.1 Å². The number of carbonyl (C=O) groups is 1. The van der Waals surface area contributed by atoms with Crippen LogP contribution in [0.1, 0.15) is 11.1 Å². The van der Waals surface area contributed by atoms with Gasteiger partial charge >= 0.3 is 5.97 Å². The molecule has 2 rings (SSSR count). The lowest BCUT2D eigenvalue weighted by Crippen LogP contribution is -1.92. The van der Waals surface area contributed by atoms with Crippen molar-refractivity contribution in [1.29, 1.82) is 0 Å². The molecule has 6 heteroatoms. The molecule has 0 radical (unpaired) electrons. The van der Waals surface area contributed by atoms with Crippen LogP contribution in [0.2, 0.25) is 0 Å². The number of aliphatic carboxylic acids is 1. The predicted octanol–water partition coefficient (Wildman–Crippen LogP) is 2.88. The van der Waals surface area contributed by atoms with Crippen LogP contribution in [0.4, 0.5) is 0 Å². The second kappa shape index (κ2) is 7.44. The Bertz CT molecular complexity index is 645. The average Bonchev–Trinajstić information content (AvgIpc) is 2.52. The van der Waals surface area contributed by atoms with E-state index >= 15 is 0 Å². The highest BCUT2D eigenvalue weighted by molar-refractivity contribution is 7.98. The molecule has 0 aliphatic carbocycles. The Kier molecular flexibility index (Phi) is 5.34. The molecule has 0 amide bonds. The molecule has 0 saturated heterocycles. The van der Waals surface area contributed by atoms with Crippen molar-refractivity contribution in [2.45, 2.75) is 10.8 Å². The van der Waals surface area contributed by atoms with E-state index < -0.39 is 5.97 Å². The van der Waals surface area contributed by atoms with Gasteiger partial charge in [0.25, 0.3) is 0 Å². The Labute approximate surface area is 126 Å². The molecule has 0 fully saturated rings. The molecule has 1 aromatic carbocycles. The monoisotopic (exact) mass is 302 g/mol. The van der Waals surface area contributed by atoms with Crippen molar-refractivity contribution in [2.75, 3.05) is 7.11 Å². The lowest BCUT2D eigenvalue weighted by Gasteiger charge is -2.08. The van der Waals surface area contributed by atoms with Crippen molar-refractivity contribution in [3.8, 4) is 5.75 Å². The topological polar surface area (TPSA) is 72.3 Å². The highest BCUT2D eigenvalue weighted by atomic mass is 32.2. The van der Waals surface area contributed by atoms with Gasteiger partial charge < -0.3 is 9.84 Å². The Morgan fingerprint density at radius 1 is 1.43 bits per heavy atom. The smallest absolute Gasteiger partial charge is 0.328 e. The fourth-order valence-corrected chi connectivity index (χ4v) is 2.49. The van der Waals surface area contributed by atoms with Crippen LogP contribution in [-0.4, -0.2) is 28.2 Å². The molecule has 1 aromatic heterocycles. The SMILES string of the molecule is COc1ccc(C=CC(=O)O)c(CSc2cnccn2)c1. The van der Waals surface area contributed by atoms with Crippen molar-refractivity contribution in [3.05, 3.63) is 54.0 Å². The van der Waals surface area contributed by atoms with Gasteiger partial charge in [-0.25, -0.2) is 9.78 Å². The molecule has 0 unspecified atom stereocenters. The summed E-state index contributed by atoms with van der Waals surface area (Å²) in [6, 6.07) is 5.54. The Morgan fingerprint density at radius 2 is 2.29 bits per heavy atom. The number of hydrogen-bond donors (Lipinski definition) is 1. The maximum absolute atomic E-state index is 10.7. The summed E-state index contributed by atoms with van der Waals surface area (Å²) in [6.07, 6.45) is 7.65. The third-order valence-corrected chi connectivity index (χ3v) is 3.63. The Hall–Kier alpha value is -2.34. The van der Waals surface area contributed by atoms with Crippen LogP contribution in [0, 0.1) is 0 Å². The normalized spacial score (nSPS) is 10.7. The van der Waals surface area contributed by atoms with Gasteiger partial charge in [-0.3, -0.25) is 4.98 Å². The first-order valence-electron chi connectivity index (χ1n) is 6.16. The molecular weight excluding hydrogens is 288 g/mol. The number of rotatable bonds is 6. The number of nitrogens with zero attached hydrogens (tertiary/aromatic N) is 2. The summed E-state index contributed by atoms with van der Waals surface area (Å²) in [4.78, 5) is 18.9. The van der Waals surface area contributed by atoms with Crippen molar-refractivity contribution >= 4 is 23.8 Å². The summed E-state index contributed by atoms with van der Waals surface area (Å²) >= 11 is 1.53. The number of hydrogen-bond acceptors (Lipinski definition) is 5. The number of thioether (sulfide) groups is 1. The minimum absolute atomic E-state index is 0.648. The number of aromatic nitrogens is 2. The van der Waals surface area contributed by atoms with Crippen LogP contribution < -0.4 is 4.74 Å².